The van der Waals surface area contributed by atoms with Gasteiger partial charge in [0.25, 0.3) is 0 Å². The highest BCUT2D eigenvalue weighted by molar-refractivity contribution is 5.14. The van der Waals surface area contributed by atoms with E-state index in [-0.39, 0.29) is 6.61 Å². The second-order valence-electron chi connectivity index (χ2n) is 3.58. The molecule has 0 aromatic heterocycles. The zero-order valence-corrected chi connectivity index (χ0v) is 10.8. The minimum atomic E-state index is 0.240. The van der Waals surface area contributed by atoms with Crippen molar-refractivity contribution in [3.05, 3.63) is 35.9 Å². The van der Waals surface area contributed by atoms with Gasteiger partial charge < -0.3 is 10.0 Å². The summed E-state index contributed by atoms with van der Waals surface area (Å²) in [6.45, 7) is 10.4. The molecule has 0 amide bonds. The molecular formula is C14H25NO. The molecule has 0 saturated heterocycles. The lowest BCUT2D eigenvalue weighted by Crippen LogP contribution is -2.21. The summed E-state index contributed by atoms with van der Waals surface area (Å²) in [6.07, 6.45) is 0.765. The Labute approximate surface area is 99.9 Å². The third-order valence-electron chi connectivity index (χ3n) is 2.58. The van der Waals surface area contributed by atoms with E-state index in [0.29, 0.717) is 0 Å². The van der Waals surface area contributed by atoms with Gasteiger partial charge in [0.15, 0.2) is 0 Å². The van der Waals surface area contributed by atoms with Crippen molar-refractivity contribution in [1.29, 1.82) is 0 Å². The smallest absolute Gasteiger partial charge is 0.0471 e. The van der Waals surface area contributed by atoms with Crippen molar-refractivity contribution in [3.63, 3.8) is 0 Å². The van der Waals surface area contributed by atoms with Crippen LogP contribution in [0.15, 0.2) is 30.3 Å². The van der Waals surface area contributed by atoms with Crippen LogP contribution < -0.4 is 0 Å². The highest BCUT2D eigenvalue weighted by atomic mass is 16.2. The van der Waals surface area contributed by atoms with Crippen molar-refractivity contribution in [1.82, 2.24) is 4.90 Å². The lowest BCUT2D eigenvalue weighted by Gasteiger charge is -2.13. The van der Waals surface area contributed by atoms with E-state index in [1.54, 1.807) is 0 Å². The van der Waals surface area contributed by atoms with Gasteiger partial charge in [0.05, 0.1) is 0 Å². The van der Waals surface area contributed by atoms with Gasteiger partial charge in [0, 0.05) is 6.61 Å². The summed E-state index contributed by atoms with van der Waals surface area (Å²) in [5.74, 6) is 0. The number of hydrogen-bond acceptors (Lipinski definition) is 2. The predicted octanol–water partition coefficient (Wildman–Crippen LogP) is 2.57. The molecule has 0 aliphatic carbocycles. The van der Waals surface area contributed by atoms with Gasteiger partial charge >= 0.3 is 0 Å². The maximum atomic E-state index is 8.52. The Morgan fingerprint density at radius 2 is 1.44 bits per heavy atom. The van der Waals surface area contributed by atoms with Crippen molar-refractivity contribution in [2.24, 2.45) is 0 Å². The number of aliphatic hydroxyl groups is 1. The van der Waals surface area contributed by atoms with Gasteiger partial charge in [-0.3, -0.25) is 0 Å². The van der Waals surface area contributed by atoms with Crippen LogP contribution >= 0.6 is 0 Å². The highest BCUT2D eigenvalue weighted by Crippen LogP contribution is 1.97. The third kappa shape index (κ3) is 7.43. The van der Waals surface area contributed by atoms with Gasteiger partial charge in [0.1, 0.15) is 0 Å². The first-order valence-electron chi connectivity index (χ1n) is 6.15. The Morgan fingerprint density at radius 1 is 0.938 bits per heavy atom. The van der Waals surface area contributed by atoms with Crippen molar-refractivity contribution in [2.45, 2.75) is 27.2 Å². The molecule has 2 nitrogen and oxygen atoms in total. The van der Waals surface area contributed by atoms with Gasteiger partial charge in [0.2, 0.25) is 0 Å². The highest BCUT2D eigenvalue weighted by Gasteiger charge is 1.89. The molecule has 0 atom stereocenters. The van der Waals surface area contributed by atoms with E-state index in [9.17, 15) is 0 Å². The van der Waals surface area contributed by atoms with Crippen LogP contribution in [0.5, 0.6) is 0 Å². The molecule has 0 fully saturated rings. The number of nitrogens with zero attached hydrogens (tertiary/aromatic N) is 1. The van der Waals surface area contributed by atoms with E-state index in [4.69, 9.17) is 5.11 Å². The Balaban J connectivity index is 0.000000293. The maximum Gasteiger partial charge on any atom is 0.0471 e. The van der Waals surface area contributed by atoms with Crippen LogP contribution in [-0.4, -0.2) is 36.2 Å². The van der Waals surface area contributed by atoms with E-state index in [1.165, 1.54) is 25.2 Å². The number of hydrogen-bond donors (Lipinski definition) is 1. The Bertz CT molecular complexity index is 226. The minimum Gasteiger partial charge on any atom is -0.396 e. The van der Waals surface area contributed by atoms with Gasteiger partial charge in [-0.05, 0) is 31.6 Å². The maximum absolute atomic E-state index is 8.52. The van der Waals surface area contributed by atoms with Crippen LogP contribution in [0.1, 0.15) is 26.3 Å². The third-order valence-corrected chi connectivity index (χ3v) is 2.58. The van der Waals surface area contributed by atoms with Crippen molar-refractivity contribution >= 4 is 0 Å². The first-order chi connectivity index (χ1) is 7.78. The van der Waals surface area contributed by atoms with Crippen LogP contribution in [0.25, 0.3) is 0 Å². The van der Waals surface area contributed by atoms with Crippen LogP contribution in [0.2, 0.25) is 0 Å². The fraction of sp³-hybridized carbons (Fsp3) is 0.571. The first kappa shape index (κ1) is 15.1. The zero-order chi connectivity index (χ0) is 12.2. The standard InChI is InChI=1S/C8H10O.C6H15N/c9-7-6-8-4-2-1-3-5-8;1-4-7(5-2)6-3/h1-5,9H,6-7H2;4-6H2,1-3H3. The second-order valence-corrected chi connectivity index (χ2v) is 3.58. The molecule has 0 heterocycles. The zero-order valence-electron chi connectivity index (χ0n) is 10.8. The average molecular weight is 223 g/mol. The molecule has 1 rings (SSSR count). The normalized spacial score (nSPS) is 9.81. The summed E-state index contributed by atoms with van der Waals surface area (Å²) >= 11 is 0. The monoisotopic (exact) mass is 223 g/mol. The van der Waals surface area contributed by atoms with Gasteiger partial charge in [-0.1, -0.05) is 51.1 Å². The molecule has 1 aromatic carbocycles. The van der Waals surface area contributed by atoms with E-state index in [0.717, 1.165) is 6.42 Å². The number of benzene rings is 1. The van der Waals surface area contributed by atoms with Crippen LogP contribution in [-0.2, 0) is 6.42 Å². The molecule has 0 aliphatic heterocycles. The summed E-state index contributed by atoms with van der Waals surface area (Å²) in [6, 6.07) is 9.95. The summed E-state index contributed by atoms with van der Waals surface area (Å²) in [5, 5.41) is 8.52. The Morgan fingerprint density at radius 3 is 1.75 bits per heavy atom. The van der Waals surface area contributed by atoms with Gasteiger partial charge in [-0.2, -0.15) is 0 Å². The molecule has 0 bridgehead atoms. The molecule has 0 unspecified atom stereocenters. The molecule has 92 valence electrons. The quantitative estimate of drug-likeness (QED) is 0.829. The summed E-state index contributed by atoms with van der Waals surface area (Å²) in [7, 11) is 0. The van der Waals surface area contributed by atoms with E-state index in [2.05, 4.69) is 25.7 Å². The van der Waals surface area contributed by atoms with E-state index in [1.807, 2.05) is 30.3 Å². The molecule has 1 aromatic rings. The first-order valence-corrected chi connectivity index (χ1v) is 6.15. The fourth-order valence-electron chi connectivity index (χ4n) is 1.44. The van der Waals surface area contributed by atoms with Crippen LogP contribution in [0.3, 0.4) is 0 Å². The minimum absolute atomic E-state index is 0.240. The molecule has 0 aliphatic rings. The molecule has 0 spiro atoms. The Kier molecular flexibility index (Phi) is 10.1. The summed E-state index contributed by atoms with van der Waals surface area (Å²) < 4.78 is 0. The van der Waals surface area contributed by atoms with Crippen LogP contribution in [0, 0.1) is 0 Å². The van der Waals surface area contributed by atoms with Crippen molar-refractivity contribution in [2.75, 3.05) is 26.2 Å². The molecular weight excluding hydrogens is 198 g/mol. The molecule has 0 saturated carbocycles. The molecule has 1 N–H and O–H groups in total. The van der Waals surface area contributed by atoms with Gasteiger partial charge in [-0.15, -0.1) is 0 Å². The van der Waals surface area contributed by atoms with E-state index >= 15 is 0 Å². The molecule has 2 heteroatoms. The molecule has 0 radical (unpaired) electrons. The van der Waals surface area contributed by atoms with Crippen molar-refractivity contribution in [3.8, 4) is 0 Å². The topological polar surface area (TPSA) is 23.5 Å². The van der Waals surface area contributed by atoms with E-state index < -0.39 is 0 Å². The number of rotatable bonds is 5. The fourth-order valence-corrected chi connectivity index (χ4v) is 1.44. The lowest BCUT2D eigenvalue weighted by atomic mass is 10.2. The van der Waals surface area contributed by atoms with Gasteiger partial charge in [-0.25, -0.2) is 0 Å². The largest absolute Gasteiger partial charge is 0.396 e. The molecule has 16 heavy (non-hydrogen) atoms. The second kappa shape index (κ2) is 10.7. The SMILES string of the molecule is CCN(CC)CC.OCCc1ccccc1. The summed E-state index contributed by atoms with van der Waals surface area (Å²) in [5.41, 5.74) is 1.19. The van der Waals surface area contributed by atoms with Crippen LogP contribution in [0.4, 0.5) is 0 Å². The van der Waals surface area contributed by atoms with Crippen molar-refractivity contribution < 1.29 is 5.11 Å². The Hall–Kier alpha value is -0.860. The predicted molar refractivity (Wildman–Crippen MR) is 70.7 cm³/mol. The summed E-state index contributed by atoms with van der Waals surface area (Å²) in [4.78, 5) is 2.38. The lowest BCUT2D eigenvalue weighted by molar-refractivity contribution is 0.299. The number of aliphatic hydroxyl groups excluding tert-OH is 1. The average Bonchev–Trinajstić information content (AvgIpc) is 2.34.